The molecule has 0 spiro atoms. The van der Waals surface area contributed by atoms with Crippen molar-refractivity contribution in [3.63, 3.8) is 0 Å². The van der Waals surface area contributed by atoms with Crippen molar-refractivity contribution >= 4 is 16.7 Å². The Morgan fingerprint density at radius 3 is 2.48 bits per heavy atom. The maximum absolute atomic E-state index is 12.0. The van der Waals surface area contributed by atoms with Crippen molar-refractivity contribution in [2.24, 2.45) is 22.7 Å². The fourth-order valence-electron chi connectivity index (χ4n) is 6.81. The summed E-state index contributed by atoms with van der Waals surface area (Å²) in [5.74, 6) is 1.50. The standard InChI is InChI=1S/C29H39NO3/c1-28(2,3)23-9-12-25(13-10-23)33-26-11-8-21-15-20(6-7-22(21)16-26)17-30-18-24-5-4-14-29(24,19-30)27(31)32/h6-8,11,15-16,23-25H,4-5,9-10,12-14,17-19H2,1-3H3,(H,31,32). The molecule has 0 radical (unpaired) electrons. The largest absolute Gasteiger partial charge is 0.490 e. The second-order valence-electron chi connectivity index (χ2n) is 12.0. The van der Waals surface area contributed by atoms with E-state index >= 15 is 0 Å². The molecule has 2 aromatic rings. The molecule has 2 aromatic carbocycles. The number of likely N-dealkylation sites (tertiary alicyclic amines) is 1. The van der Waals surface area contributed by atoms with Gasteiger partial charge in [-0.2, -0.15) is 0 Å². The Balaban J connectivity index is 1.22. The van der Waals surface area contributed by atoms with Crippen LogP contribution in [0.15, 0.2) is 36.4 Å². The number of fused-ring (bicyclic) bond motifs is 2. The van der Waals surface area contributed by atoms with E-state index < -0.39 is 11.4 Å². The number of hydrogen-bond acceptors (Lipinski definition) is 3. The third-order valence-corrected chi connectivity index (χ3v) is 8.85. The van der Waals surface area contributed by atoms with Gasteiger partial charge in [0.2, 0.25) is 0 Å². The molecule has 2 saturated carbocycles. The van der Waals surface area contributed by atoms with E-state index in [4.69, 9.17) is 4.74 Å². The monoisotopic (exact) mass is 449 g/mol. The van der Waals surface area contributed by atoms with Crippen molar-refractivity contribution in [2.75, 3.05) is 13.1 Å². The molecule has 2 unspecified atom stereocenters. The molecule has 4 heteroatoms. The highest BCUT2D eigenvalue weighted by atomic mass is 16.5. The summed E-state index contributed by atoms with van der Waals surface area (Å²) in [6, 6.07) is 13.1. The van der Waals surface area contributed by atoms with E-state index in [1.165, 1.54) is 29.2 Å². The minimum absolute atomic E-state index is 0.314. The van der Waals surface area contributed by atoms with Crippen molar-refractivity contribution in [2.45, 2.75) is 78.4 Å². The van der Waals surface area contributed by atoms with Crippen LogP contribution in [-0.2, 0) is 11.3 Å². The number of nitrogens with zero attached hydrogens (tertiary/aromatic N) is 1. The van der Waals surface area contributed by atoms with Gasteiger partial charge in [-0.05, 0) is 90.3 Å². The van der Waals surface area contributed by atoms with Crippen molar-refractivity contribution in [1.82, 2.24) is 4.90 Å². The molecule has 1 aliphatic heterocycles. The Morgan fingerprint density at radius 2 is 1.79 bits per heavy atom. The first-order valence-electron chi connectivity index (χ1n) is 12.9. The lowest BCUT2D eigenvalue weighted by Crippen LogP contribution is -2.35. The van der Waals surface area contributed by atoms with Gasteiger partial charge in [0.05, 0.1) is 11.5 Å². The minimum Gasteiger partial charge on any atom is -0.490 e. The summed E-state index contributed by atoms with van der Waals surface area (Å²) in [6.07, 6.45) is 8.08. The first-order valence-corrected chi connectivity index (χ1v) is 12.9. The molecular formula is C29H39NO3. The van der Waals surface area contributed by atoms with E-state index in [9.17, 15) is 9.90 Å². The summed E-state index contributed by atoms with van der Waals surface area (Å²) < 4.78 is 6.37. The molecule has 1 heterocycles. The molecule has 0 aromatic heterocycles. The van der Waals surface area contributed by atoms with Crippen LogP contribution in [0.25, 0.3) is 10.8 Å². The smallest absolute Gasteiger partial charge is 0.311 e. The molecule has 178 valence electrons. The minimum atomic E-state index is -0.592. The second kappa shape index (κ2) is 8.61. The second-order valence-corrected chi connectivity index (χ2v) is 12.0. The number of carbonyl (C=O) groups is 1. The number of carboxylic acids is 1. The third-order valence-electron chi connectivity index (χ3n) is 8.85. The molecule has 2 aliphatic carbocycles. The predicted octanol–water partition coefficient (Wildman–Crippen LogP) is 6.51. The van der Waals surface area contributed by atoms with Gasteiger partial charge < -0.3 is 9.84 Å². The van der Waals surface area contributed by atoms with E-state index in [-0.39, 0.29) is 0 Å². The topological polar surface area (TPSA) is 49.8 Å². The normalized spacial score (nSPS) is 30.5. The quantitative estimate of drug-likeness (QED) is 0.565. The SMILES string of the molecule is CC(C)(C)C1CCC(Oc2ccc3cc(CN4CC5CCCC5(C(=O)O)C4)ccc3c2)CC1. The van der Waals surface area contributed by atoms with Crippen LogP contribution >= 0.6 is 0 Å². The highest BCUT2D eigenvalue weighted by Crippen LogP contribution is 2.49. The molecular weight excluding hydrogens is 410 g/mol. The van der Waals surface area contributed by atoms with E-state index in [1.54, 1.807) is 0 Å². The maximum Gasteiger partial charge on any atom is 0.311 e. The van der Waals surface area contributed by atoms with Crippen LogP contribution in [0.4, 0.5) is 0 Å². The molecule has 33 heavy (non-hydrogen) atoms. The zero-order valence-electron chi connectivity index (χ0n) is 20.5. The van der Waals surface area contributed by atoms with E-state index in [0.717, 1.165) is 56.9 Å². The lowest BCUT2D eigenvalue weighted by Gasteiger charge is -2.37. The number of rotatable bonds is 5. The van der Waals surface area contributed by atoms with Crippen LogP contribution in [0.5, 0.6) is 5.75 Å². The molecule has 0 bridgehead atoms. The average Bonchev–Trinajstić information content (AvgIpc) is 3.32. The van der Waals surface area contributed by atoms with E-state index in [0.29, 0.717) is 24.0 Å². The first kappa shape index (κ1) is 22.7. The van der Waals surface area contributed by atoms with Crippen molar-refractivity contribution < 1.29 is 14.6 Å². The van der Waals surface area contributed by atoms with E-state index in [1.807, 2.05) is 0 Å². The molecule has 4 nitrogen and oxygen atoms in total. The van der Waals surface area contributed by atoms with Gasteiger partial charge in [0.15, 0.2) is 0 Å². The molecule has 1 N–H and O–H groups in total. The van der Waals surface area contributed by atoms with Crippen LogP contribution in [-0.4, -0.2) is 35.2 Å². The summed E-state index contributed by atoms with van der Waals surface area (Å²) in [6.45, 7) is 9.50. The molecule has 3 aliphatic rings. The van der Waals surface area contributed by atoms with Gasteiger partial charge in [-0.15, -0.1) is 0 Å². The van der Waals surface area contributed by atoms with Gasteiger partial charge in [-0.25, -0.2) is 0 Å². The fraction of sp³-hybridized carbons (Fsp3) is 0.621. The van der Waals surface area contributed by atoms with Gasteiger partial charge in [0, 0.05) is 19.6 Å². The first-order chi connectivity index (χ1) is 15.7. The Bertz CT molecular complexity index is 1020. The van der Waals surface area contributed by atoms with E-state index in [2.05, 4.69) is 62.1 Å². The molecule has 1 saturated heterocycles. The highest BCUT2D eigenvalue weighted by Gasteiger charge is 2.54. The number of carboxylic acid groups (broad SMARTS) is 1. The third kappa shape index (κ3) is 4.51. The summed E-state index contributed by atoms with van der Waals surface area (Å²) in [4.78, 5) is 14.3. The summed E-state index contributed by atoms with van der Waals surface area (Å²) in [5, 5.41) is 12.3. The van der Waals surface area contributed by atoms with Crippen LogP contribution in [0, 0.1) is 22.7 Å². The zero-order valence-corrected chi connectivity index (χ0v) is 20.5. The molecule has 5 rings (SSSR count). The number of benzene rings is 2. The van der Waals surface area contributed by atoms with Gasteiger partial charge in [-0.1, -0.05) is 45.4 Å². The number of aliphatic carboxylic acids is 1. The lowest BCUT2D eigenvalue weighted by molar-refractivity contribution is -0.149. The Labute approximate surface area is 198 Å². The van der Waals surface area contributed by atoms with Gasteiger partial charge in [0.1, 0.15) is 5.75 Å². The number of ether oxygens (including phenoxy) is 1. The van der Waals surface area contributed by atoms with Crippen molar-refractivity contribution in [3.8, 4) is 5.75 Å². The number of hydrogen-bond donors (Lipinski definition) is 1. The average molecular weight is 450 g/mol. The molecule has 2 atom stereocenters. The van der Waals surface area contributed by atoms with Crippen molar-refractivity contribution in [1.29, 1.82) is 0 Å². The van der Waals surface area contributed by atoms with Gasteiger partial charge in [-0.3, -0.25) is 9.69 Å². The van der Waals surface area contributed by atoms with Crippen LogP contribution in [0.2, 0.25) is 0 Å². The van der Waals surface area contributed by atoms with Gasteiger partial charge >= 0.3 is 5.97 Å². The van der Waals surface area contributed by atoms with Crippen LogP contribution in [0.3, 0.4) is 0 Å². The molecule has 3 fully saturated rings. The van der Waals surface area contributed by atoms with Gasteiger partial charge in [0.25, 0.3) is 0 Å². The Hall–Kier alpha value is -2.07. The Morgan fingerprint density at radius 1 is 1.06 bits per heavy atom. The summed E-state index contributed by atoms with van der Waals surface area (Å²) in [5.41, 5.74) is 1.15. The maximum atomic E-state index is 12.0. The molecule has 0 amide bonds. The van der Waals surface area contributed by atoms with Crippen molar-refractivity contribution in [3.05, 3.63) is 42.0 Å². The van der Waals surface area contributed by atoms with Crippen LogP contribution < -0.4 is 4.74 Å². The lowest BCUT2D eigenvalue weighted by atomic mass is 9.72. The van der Waals surface area contributed by atoms with Crippen LogP contribution in [0.1, 0.15) is 71.3 Å². The Kier molecular flexibility index (Phi) is 5.93. The summed E-state index contributed by atoms with van der Waals surface area (Å²) in [7, 11) is 0. The highest BCUT2D eigenvalue weighted by molar-refractivity contribution is 5.84. The fourth-order valence-corrected chi connectivity index (χ4v) is 6.81. The summed E-state index contributed by atoms with van der Waals surface area (Å²) >= 11 is 0. The zero-order chi connectivity index (χ0) is 23.2. The predicted molar refractivity (Wildman–Crippen MR) is 132 cm³/mol.